The molecule has 28 heavy (non-hydrogen) atoms. The average Bonchev–Trinajstić information content (AvgIpc) is 3.13. The Balaban J connectivity index is 2.31. The largest absolute Gasteiger partial charge is 0.504 e. The summed E-state index contributed by atoms with van der Waals surface area (Å²) in [6, 6.07) is 0. The first-order valence-electron chi connectivity index (χ1n) is 9.62. The summed E-state index contributed by atoms with van der Waals surface area (Å²) in [6.07, 6.45) is -11.7. The smallest absolute Gasteiger partial charge is 0.374 e. The molecular formula is C17H28F6O4Si. The summed E-state index contributed by atoms with van der Waals surface area (Å²) >= 11 is 0. The lowest BCUT2D eigenvalue weighted by molar-refractivity contribution is -0.373. The molecule has 2 bridgehead atoms. The van der Waals surface area contributed by atoms with Crippen LogP contribution in [0.25, 0.3) is 0 Å². The molecule has 11 heteroatoms. The van der Waals surface area contributed by atoms with Crippen LogP contribution in [0.4, 0.5) is 26.3 Å². The van der Waals surface area contributed by atoms with Crippen LogP contribution in [-0.2, 0) is 13.3 Å². The van der Waals surface area contributed by atoms with Crippen LogP contribution in [0.2, 0.25) is 5.54 Å². The monoisotopic (exact) mass is 438 g/mol. The third-order valence-electron chi connectivity index (χ3n) is 5.94. The number of hydrogen-bond acceptors (Lipinski definition) is 4. The van der Waals surface area contributed by atoms with Gasteiger partial charge in [-0.3, -0.25) is 0 Å². The zero-order chi connectivity index (χ0) is 21.4. The van der Waals surface area contributed by atoms with Gasteiger partial charge < -0.3 is 18.4 Å². The molecule has 0 radical (unpaired) electrons. The van der Waals surface area contributed by atoms with Crippen LogP contribution in [0, 0.1) is 17.8 Å². The Morgan fingerprint density at radius 3 is 1.64 bits per heavy atom. The van der Waals surface area contributed by atoms with Crippen molar-refractivity contribution in [3.05, 3.63) is 0 Å². The number of rotatable bonds is 9. The highest BCUT2D eigenvalue weighted by Gasteiger charge is 2.72. The van der Waals surface area contributed by atoms with Crippen LogP contribution in [0.15, 0.2) is 0 Å². The van der Waals surface area contributed by atoms with Gasteiger partial charge in [0.05, 0.1) is 0 Å². The molecule has 0 heterocycles. The van der Waals surface area contributed by atoms with Crippen molar-refractivity contribution in [2.24, 2.45) is 17.8 Å². The minimum atomic E-state index is -5.79. The average molecular weight is 438 g/mol. The van der Waals surface area contributed by atoms with Gasteiger partial charge in [0, 0.05) is 25.4 Å². The highest BCUT2D eigenvalue weighted by Crippen LogP contribution is 2.62. The Morgan fingerprint density at radius 1 is 0.821 bits per heavy atom. The summed E-state index contributed by atoms with van der Waals surface area (Å²) in [7, 11) is -3.27. The van der Waals surface area contributed by atoms with Crippen molar-refractivity contribution in [1.82, 2.24) is 0 Å². The highest BCUT2D eigenvalue weighted by atomic mass is 28.4. The predicted molar refractivity (Wildman–Crippen MR) is 90.4 cm³/mol. The highest BCUT2D eigenvalue weighted by molar-refractivity contribution is 6.62. The van der Waals surface area contributed by atoms with Crippen molar-refractivity contribution in [2.75, 3.05) is 19.8 Å². The van der Waals surface area contributed by atoms with Gasteiger partial charge in [-0.1, -0.05) is 0 Å². The summed E-state index contributed by atoms with van der Waals surface area (Å²) in [5.41, 5.74) is -5.07. The number of fused-ring (bicyclic) bond motifs is 2. The number of aliphatic hydroxyl groups is 1. The molecule has 0 saturated heterocycles. The van der Waals surface area contributed by atoms with Crippen LogP contribution in [-0.4, -0.2) is 51.7 Å². The van der Waals surface area contributed by atoms with E-state index in [1.165, 1.54) is 0 Å². The van der Waals surface area contributed by atoms with E-state index in [1.54, 1.807) is 20.8 Å². The van der Waals surface area contributed by atoms with Gasteiger partial charge in [-0.15, -0.1) is 0 Å². The van der Waals surface area contributed by atoms with Gasteiger partial charge in [-0.2, -0.15) is 26.3 Å². The lowest BCUT2D eigenvalue weighted by Gasteiger charge is -2.42. The van der Waals surface area contributed by atoms with Crippen molar-refractivity contribution in [2.45, 2.75) is 69.9 Å². The molecule has 2 aliphatic carbocycles. The number of halogens is 6. The molecule has 0 aromatic heterocycles. The molecule has 2 aliphatic rings. The molecule has 0 aliphatic heterocycles. The van der Waals surface area contributed by atoms with Crippen LogP contribution in [0.3, 0.4) is 0 Å². The molecule has 0 aromatic carbocycles. The van der Waals surface area contributed by atoms with Crippen molar-refractivity contribution < 1.29 is 44.7 Å². The van der Waals surface area contributed by atoms with Crippen LogP contribution < -0.4 is 0 Å². The van der Waals surface area contributed by atoms with E-state index >= 15 is 0 Å². The van der Waals surface area contributed by atoms with Gasteiger partial charge in [0.2, 0.25) is 0 Å². The molecule has 1 N–H and O–H groups in total. The Kier molecular flexibility index (Phi) is 7.18. The van der Waals surface area contributed by atoms with E-state index in [4.69, 9.17) is 13.3 Å². The van der Waals surface area contributed by atoms with Gasteiger partial charge >= 0.3 is 21.2 Å². The van der Waals surface area contributed by atoms with Crippen molar-refractivity contribution >= 4 is 8.80 Å². The molecule has 2 fully saturated rings. The third-order valence-corrected chi connectivity index (χ3v) is 9.58. The molecule has 0 spiro atoms. The maximum Gasteiger partial charge on any atom is 0.504 e. The third kappa shape index (κ3) is 4.23. The van der Waals surface area contributed by atoms with E-state index in [0.29, 0.717) is 12.8 Å². The number of hydrogen-bond donors (Lipinski definition) is 1. The van der Waals surface area contributed by atoms with Crippen molar-refractivity contribution in [3.8, 4) is 0 Å². The van der Waals surface area contributed by atoms with E-state index in [-0.39, 0.29) is 37.7 Å². The first-order valence-corrected chi connectivity index (χ1v) is 11.4. The van der Waals surface area contributed by atoms with Crippen LogP contribution in [0.1, 0.15) is 46.5 Å². The lowest BCUT2D eigenvalue weighted by atomic mass is 9.79. The minimum absolute atomic E-state index is 0.0149. The Labute approximate surface area is 161 Å². The fourth-order valence-corrected chi connectivity index (χ4v) is 8.61. The van der Waals surface area contributed by atoms with Crippen molar-refractivity contribution in [1.29, 1.82) is 0 Å². The second-order valence-electron chi connectivity index (χ2n) is 7.57. The lowest BCUT2D eigenvalue weighted by Crippen LogP contribution is -2.59. The zero-order valence-electron chi connectivity index (χ0n) is 16.2. The maximum absolute atomic E-state index is 13.2. The van der Waals surface area contributed by atoms with E-state index in [0.717, 1.165) is 0 Å². The predicted octanol–water partition coefficient (Wildman–Crippen LogP) is 4.70. The summed E-state index contributed by atoms with van der Waals surface area (Å²) in [6.45, 7) is 6.07. The van der Waals surface area contributed by atoms with E-state index in [1.807, 2.05) is 0 Å². The Bertz CT molecular complexity index is 496. The Morgan fingerprint density at radius 2 is 1.29 bits per heavy atom. The van der Waals surface area contributed by atoms with Gasteiger partial charge in [-0.25, -0.2) is 0 Å². The summed E-state index contributed by atoms with van der Waals surface area (Å²) in [5, 5.41) is 9.64. The summed E-state index contributed by atoms with van der Waals surface area (Å²) in [5.74, 6) is -1.40. The number of alkyl halides is 6. The molecule has 0 amide bonds. The zero-order valence-corrected chi connectivity index (χ0v) is 17.2. The molecule has 4 atom stereocenters. The second-order valence-corrected chi connectivity index (χ2v) is 10.4. The molecule has 4 unspecified atom stereocenters. The molecule has 166 valence electrons. The van der Waals surface area contributed by atoms with Gasteiger partial charge in [0.15, 0.2) is 0 Å². The van der Waals surface area contributed by atoms with E-state index < -0.39 is 45.0 Å². The molecular weight excluding hydrogens is 410 g/mol. The SMILES string of the molecule is CCO[Si](OCC)(OCC)C1CC2CC(CC(O)(C(F)(F)F)C(F)(F)F)C1C2. The molecule has 2 saturated carbocycles. The standard InChI is InChI=1S/C17H28F6O4Si/c1-4-25-28(26-5-2,27-6-3)14-9-11-7-12(13(14)8-11)10-15(24,16(18,19)20)17(21,22)23/h11-14,24H,4-10H2,1-3H3. The first kappa shape index (κ1) is 23.9. The quantitative estimate of drug-likeness (QED) is 0.419. The van der Waals surface area contributed by atoms with Gasteiger partial charge in [0.25, 0.3) is 5.60 Å². The first-order chi connectivity index (χ1) is 12.8. The fourth-order valence-electron chi connectivity index (χ4n) is 4.96. The van der Waals surface area contributed by atoms with Gasteiger partial charge in [0.1, 0.15) is 0 Å². The topological polar surface area (TPSA) is 47.9 Å². The fraction of sp³-hybridized carbons (Fsp3) is 1.00. The molecule has 4 nitrogen and oxygen atoms in total. The van der Waals surface area contributed by atoms with E-state index in [2.05, 4.69) is 0 Å². The molecule has 2 rings (SSSR count). The normalized spacial score (nSPS) is 28.9. The van der Waals surface area contributed by atoms with Crippen LogP contribution >= 0.6 is 0 Å². The van der Waals surface area contributed by atoms with E-state index in [9.17, 15) is 31.4 Å². The summed E-state index contributed by atoms with van der Waals surface area (Å²) < 4.78 is 96.5. The van der Waals surface area contributed by atoms with Crippen LogP contribution in [0.5, 0.6) is 0 Å². The van der Waals surface area contributed by atoms with Crippen molar-refractivity contribution in [3.63, 3.8) is 0 Å². The minimum Gasteiger partial charge on any atom is -0.374 e. The summed E-state index contributed by atoms with van der Waals surface area (Å²) in [4.78, 5) is 0. The van der Waals surface area contributed by atoms with Gasteiger partial charge in [-0.05, 0) is 64.2 Å². The second kappa shape index (κ2) is 8.41. The Hall–Kier alpha value is -0.363. The molecule has 0 aromatic rings. The maximum atomic E-state index is 13.2.